The van der Waals surface area contributed by atoms with Gasteiger partial charge in [0.1, 0.15) is 0 Å². The third-order valence-corrected chi connectivity index (χ3v) is 5.63. The number of fused-ring (bicyclic) bond motifs is 1. The van der Waals surface area contributed by atoms with Gasteiger partial charge in [-0.1, -0.05) is 18.2 Å². The summed E-state index contributed by atoms with van der Waals surface area (Å²) < 4.78 is 11.4. The molecule has 1 amide bonds. The van der Waals surface area contributed by atoms with E-state index >= 15 is 0 Å². The lowest BCUT2D eigenvalue weighted by Crippen LogP contribution is -2.43. The highest BCUT2D eigenvalue weighted by molar-refractivity contribution is 7.85. The summed E-state index contributed by atoms with van der Waals surface area (Å²) in [7, 11) is 1.19. The van der Waals surface area contributed by atoms with Crippen molar-refractivity contribution in [3.05, 3.63) is 29.8 Å². The van der Waals surface area contributed by atoms with Crippen LogP contribution in [0, 0.1) is 0 Å². The van der Waals surface area contributed by atoms with Crippen LogP contribution in [0.5, 0.6) is 0 Å². The number of hydrogen-bond acceptors (Lipinski definition) is 3. The first-order chi connectivity index (χ1) is 9.65. The van der Waals surface area contributed by atoms with E-state index in [1.165, 1.54) is 5.56 Å². The Kier molecular flexibility index (Phi) is 3.89. The van der Waals surface area contributed by atoms with Crippen molar-refractivity contribution in [3.8, 4) is 0 Å². The van der Waals surface area contributed by atoms with Crippen LogP contribution in [0.15, 0.2) is 24.3 Å². The molecule has 2 aliphatic rings. The van der Waals surface area contributed by atoms with Gasteiger partial charge >= 0.3 is 0 Å². The van der Waals surface area contributed by atoms with E-state index in [0.29, 0.717) is 12.5 Å². The lowest BCUT2D eigenvalue weighted by atomic mass is 9.95. The quantitative estimate of drug-likeness (QED) is 0.900. The molecule has 1 fully saturated rings. The monoisotopic (exact) mass is 292 g/mol. The molecule has 0 radical (unpaired) electrons. The fourth-order valence-corrected chi connectivity index (χ4v) is 4.34. The second-order valence-corrected chi connectivity index (χ2v) is 7.25. The third kappa shape index (κ3) is 2.65. The number of carbonyl (C=O) groups is 1. The highest BCUT2D eigenvalue weighted by atomic mass is 32.2. The standard InChI is InChI=1S/C15H20N2O2S/c1-17-14-5-3-2-4-12(14)13(10-15(17)18)16-11-6-8-20(19)9-7-11/h2-5,11,13,16H,6-10H2,1H3. The molecular weight excluding hydrogens is 272 g/mol. The van der Waals surface area contributed by atoms with E-state index in [4.69, 9.17) is 0 Å². The predicted molar refractivity (Wildman–Crippen MR) is 81.2 cm³/mol. The molecule has 0 bridgehead atoms. The van der Waals surface area contributed by atoms with Gasteiger partial charge in [0.2, 0.25) is 5.91 Å². The molecule has 0 spiro atoms. The second kappa shape index (κ2) is 5.66. The normalized spacial score (nSPS) is 30.1. The lowest BCUT2D eigenvalue weighted by Gasteiger charge is -2.35. The smallest absolute Gasteiger partial charge is 0.228 e. The van der Waals surface area contributed by atoms with Gasteiger partial charge in [0.15, 0.2) is 0 Å². The molecule has 1 saturated heterocycles. The molecule has 2 heterocycles. The molecule has 1 unspecified atom stereocenters. The van der Waals surface area contributed by atoms with Crippen molar-refractivity contribution in [3.63, 3.8) is 0 Å². The molecular formula is C15H20N2O2S. The maximum Gasteiger partial charge on any atom is 0.228 e. The van der Waals surface area contributed by atoms with Gasteiger partial charge in [-0.05, 0) is 24.5 Å². The fourth-order valence-electron chi connectivity index (χ4n) is 3.04. The number of hydrogen-bond donors (Lipinski definition) is 1. The number of carbonyl (C=O) groups excluding carboxylic acids is 1. The van der Waals surface area contributed by atoms with Crippen molar-refractivity contribution < 1.29 is 9.00 Å². The van der Waals surface area contributed by atoms with Crippen LogP contribution < -0.4 is 10.2 Å². The van der Waals surface area contributed by atoms with Gasteiger partial charge in [0.05, 0.1) is 0 Å². The zero-order chi connectivity index (χ0) is 14.1. The Balaban J connectivity index is 1.78. The number of nitrogens with one attached hydrogen (secondary N) is 1. The van der Waals surface area contributed by atoms with Crippen LogP contribution in [0.25, 0.3) is 0 Å². The molecule has 1 aromatic carbocycles. The first kappa shape index (κ1) is 13.8. The van der Waals surface area contributed by atoms with E-state index in [0.717, 1.165) is 30.0 Å². The molecule has 0 saturated carbocycles. The largest absolute Gasteiger partial charge is 0.315 e. The fraction of sp³-hybridized carbons (Fsp3) is 0.533. The minimum Gasteiger partial charge on any atom is -0.315 e. The zero-order valence-corrected chi connectivity index (χ0v) is 12.5. The van der Waals surface area contributed by atoms with E-state index < -0.39 is 10.8 Å². The summed E-state index contributed by atoms with van der Waals surface area (Å²) in [6.07, 6.45) is 2.39. The maximum atomic E-state index is 12.1. The number of anilines is 1. The first-order valence-electron chi connectivity index (χ1n) is 7.11. The Bertz CT molecular complexity index is 536. The van der Waals surface area contributed by atoms with Crippen LogP contribution >= 0.6 is 0 Å². The minimum atomic E-state index is -0.640. The Morgan fingerprint density at radius 1 is 1.25 bits per heavy atom. The van der Waals surface area contributed by atoms with Crippen LogP contribution in [0.3, 0.4) is 0 Å². The maximum absolute atomic E-state index is 12.1. The molecule has 1 N–H and O–H groups in total. The number of benzene rings is 1. The highest BCUT2D eigenvalue weighted by Gasteiger charge is 2.30. The van der Waals surface area contributed by atoms with E-state index in [9.17, 15) is 9.00 Å². The van der Waals surface area contributed by atoms with Crippen molar-refractivity contribution in [2.45, 2.75) is 31.3 Å². The van der Waals surface area contributed by atoms with Crippen LogP contribution in [0.1, 0.15) is 30.9 Å². The number of nitrogens with zero attached hydrogens (tertiary/aromatic N) is 1. The summed E-state index contributed by atoms with van der Waals surface area (Å²) in [6, 6.07) is 8.55. The van der Waals surface area contributed by atoms with E-state index in [1.807, 2.05) is 25.2 Å². The van der Waals surface area contributed by atoms with Gasteiger partial charge < -0.3 is 10.2 Å². The lowest BCUT2D eigenvalue weighted by molar-refractivity contribution is -0.119. The average Bonchev–Trinajstić information content (AvgIpc) is 2.47. The third-order valence-electron chi connectivity index (χ3n) is 4.25. The molecule has 108 valence electrons. The Hall–Kier alpha value is -1.20. The number of amides is 1. The van der Waals surface area contributed by atoms with Gasteiger partial charge in [-0.25, -0.2) is 0 Å². The van der Waals surface area contributed by atoms with Gasteiger partial charge in [-0.3, -0.25) is 9.00 Å². The van der Waals surface area contributed by atoms with Gasteiger partial charge in [-0.15, -0.1) is 0 Å². The van der Waals surface area contributed by atoms with E-state index in [2.05, 4.69) is 11.4 Å². The SMILES string of the molecule is CN1C(=O)CC(NC2CCS(=O)CC2)c2ccccc21. The second-order valence-electron chi connectivity index (χ2n) is 5.56. The van der Waals surface area contributed by atoms with Crippen LogP contribution in [-0.4, -0.2) is 34.7 Å². The molecule has 20 heavy (non-hydrogen) atoms. The predicted octanol–water partition coefficient (Wildman–Crippen LogP) is 1.59. The van der Waals surface area contributed by atoms with E-state index in [1.54, 1.807) is 4.90 Å². The molecule has 0 aliphatic carbocycles. The first-order valence-corrected chi connectivity index (χ1v) is 8.60. The number of para-hydroxylation sites is 1. The summed E-state index contributed by atoms with van der Waals surface area (Å²) in [5, 5.41) is 3.60. The summed E-state index contributed by atoms with van der Waals surface area (Å²) >= 11 is 0. The van der Waals surface area contributed by atoms with Gasteiger partial charge in [0, 0.05) is 53.5 Å². The minimum absolute atomic E-state index is 0.0893. The van der Waals surface area contributed by atoms with Crippen LogP contribution in [0.4, 0.5) is 5.69 Å². The molecule has 4 nitrogen and oxygen atoms in total. The van der Waals surface area contributed by atoms with Crippen LogP contribution in [-0.2, 0) is 15.6 Å². The number of rotatable bonds is 2. The van der Waals surface area contributed by atoms with Crippen LogP contribution in [0.2, 0.25) is 0 Å². The molecule has 1 atom stereocenters. The van der Waals surface area contributed by atoms with E-state index in [-0.39, 0.29) is 11.9 Å². The molecule has 2 aliphatic heterocycles. The van der Waals surface area contributed by atoms with Crippen molar-refractivity contribution >= 4 is 22.4 Å². The summed E-state index contributed by atoms with van der Waals surface area (Å²) in [5.41, 5.74) is 2.20. The summed E-state index contributed by atoms with van der Waals surface area (Å²) in [4.78, 5) is 13.8. The Morgan fingerprint density at radius 2 is 1.95 bits per heavy atom. The molecule has 3 rings (SSSR count). The average molecular weight is 292 g/mol. The van der Waals surface area contributed by atoms with Gasteiger partial charge in [0.25, 0.3) is 0 Å². The zero-order valence-electron chi connectivity index (χ0n) is 11.7. The van der Waals surface area contributed by atoms with Crippen molar-refractivity contribution in [1.82, 2.24) is 5.32 Å². The molecule has 0 aromatic heterocycles. The highest BCUT2D eigenvalue weighted by Crippen LogP contribution is 2.34. The summed E-state index contributed by atoms with van der Waals surface area (Å²) in [5.74, 6) is 1.71. The topological polar surface area (TPSA) is 49.4 Å². The Labute approximate surface area is 122 Å². The molecule has 1 aromatic rings. The molecule has 5 heteroatoms. The van der Waals surface area contributed by atoms with Crippen molar-refractivity contribution in [1.29, 1.82) is 0 Å². The van der Waals surface area contributed by atoms with Crippen molar-refractivity contribution in [2.75, 3.05) is 23.5 Å². The summed E-state index contributed by atoms with van der Waals surface area (Å²) in [6.45, 7) is 0. The Morgan fingerprint density at radius 3 is 2.70 bits per heavy atom. The van der Waals surface area contributed by atoms with Gasteiger partial charge in [-0.2, -0.15) is 0 Å². The van der Waals surface area contributed by atoms with Crippen molar-refractivity contribution in [2.24, 2.45) is 0 Å².